The Kier molecular flexibility index (Phi) is 5.12. The van der Waals surface area contributed by atoms with Crippen LogP contribution in [0.5, 0.6) is 11.5 Å². The van der Waals surface area contributed by atoms with Gasteiger partial charge >= 0.3 is 0 Å². The van der Waals surface area contributed by atoms with Crippen LogP contribution in [0.2, 0.25) is 0 Å². The lowest BCUT2D eigenvalue weighted by Crippen LogP contribution is -2.46. The number of aromatic nitrogens is 3. The van der Waals surface area contributed by atoms with Gasteiger partial charge < -0.3 is 24.6 Å². The van der Waals surface area contributed by atoms with Crippen molar-refractivity contribution in [2.75, 3.05) is 50.6 Å². The number of nitrogens with one attached hydrogen (secondary N) is 1. The van der Waals surface area contributed by atoms with E-state index in [0.29, 0.717) is 49.3 Å². The summed E-state index contributed by atoms with van der Waals surface area (Å²) < 4.78 is 10.6. The summed E-state index contributed by atoms with van der Waals surface area (Å²) in [6.45, 7) is 2.76. The molecule has 0 saturated carbocycles. The molecule has 1 aliphatic heterocycles. The third kappa shape index (κ3) is 3.87. The molecule has 3 rings (SSSR count). The fraction of sp³-hybridized carbons (Fsp3) is 0.375. The number of carbonyl (C=O) groups excluding carboxylic acids is 1. The van der Waals surface area contributed by atoms with E-state index in [9.17, 15) is 4.79 Å². The molecule has 25 heavy (non-hydrogen) atoms. The lowest BCUT2D eigenvalue weighted by molar-refractivity contribution is -0.118. The average molecular weight is 344 g/mol. The highest BCUT2D eigenvalue weighted by Crippen LogP contribution is 2.30. The maximum Gasteiger partial charge on any atom is 0.249 e. The highest BCUT2D eigenvalue weighted by Gasteiger charge is 2.18. The summed E-state index contributed by atoms with van der Waals surface area (Å²) in [5.74, 6) is 2.41. The molecule has 1 aliphatic rings. The second-order valence-electron chi connectivity index (χ2n) is 5.46. The van der Waals surface area contributed by atoms with E-state index < -0.39 is 0 Å². The standard InChI is InChI=1S/C16H20N6O3/c1-24-12-3-4-13(14(9-12)25-2)18-16-19-15(10-17-20-16)22-7-5-21(11-23)6-8-22/h3-4,9-11H,5-8H2,1-2H3,(H,18,19,20). The van der Waals surface area contributed by atoms with E-state index in [1.54, 1.807) is 31.4 Å². The maximum absolute atomic E-state index is 10.8. The number of ether oxygens (including phenoxy) is 2. The Hall–Kier alpha value is -3.10. The lowest BCUT2D eigenvalue weighted by Gasteiger charge is -2.33. The quantitative estimate of drug-likeness (QED) is 0.773. The molecule has 1 aromatic carbocycles. The third-order valence-electron chi connectivity index (χ3n) is 3.99. The normalized spacial score (nSPS) is 14.2. The first-order valence-corrected chi connectivity index (χ1v) is 7.86. The minimum absolute atomic E-state index is 0.374. The van der Waals surface area contributed by atoms with Crippen molar-refractivity contribution in [2.24, 2.45) is 0 Å². The van der Waals surface area contributed by atoms with Crippen LogP contribution in [-0.4, -0.2) is 66.9 Å². The van der Waals surface area contributed by atoms with Gasteiger partial charge in [0.25, 0.3) is 0 Å². The number of anilines is 3. The SMILES string of the molecule is COc1ccc(Nc2nncc(N3CCN(C=O)CC3)n2)c(OC)c1. The van der Waals surface area contributed by atoms with Gasteiger partial charge in [0.05, 0.1) is 26.1 Å². The van der Waals surface area contributed by atoms with Crippen LogP contribution in [0.4, 0.5) is 17.5 Å². The van der Waals surface area contributed by atoms with Gasteiger partial charge in [-0.05, 0) is 12.1 Å². The zero-order valence-electron chi connectivity index (χ0n) is 14.2. The molecule has 1 N–H and O–H groups in total. The van der Waals surface area contributed by atoms with Crippen molar-refractivity contribution in [3.8, 4) is 11.5 Å². The zero-order chi connectivity index (χ0) is 17.6. The molecule has 0 aliphatic carbocycles. The molecule has 2 heterocycles. The molecule has 1 saturated heterocycles. The van der Waals surface area contributed by atoms with Crippen LogP contribution in [0.25, 0.3) is 0 Å². The van der Waals surface area contributed by atoms with E-state index in [4.69, 9.17) is 9.47 Å². The molecule has 0 radical (unpaired) electrons. The van der Waals surface area contributed by atoms with Gasteiger partial charge in [-0.15, -0.1) is 5.10 Å². The van der Waals surface area contributed by atoms with Crippen molar-refractivity contribution in [3.63, 3.8) is 0 Å². The van der Waals surface area contributed by atoms with E-state index in [2.05, 4.69) is 25.4 Å². The topological polar surface area (TPSA) is 92.7 Å². The minimum Gasteiger partial charge on any atom is -0.497 e. The Morgan fingerprint density at radius 3 is 2.64 bits per heavy atom. The van der Waals surface area contributed by atoms with E-state index in [0.717, 1.165) is 12.2 Å². The third-order valence-corrected chi connectivity index (χ3v) is 3.99. The molecule has 0 bridgehead atoms. The Morgan fingerprint density at radius 2 is 1.96 bits per heavy atom. The Labute approximate surface area is 145 Å². The predicted octanol–water partition coefficient (Wildman–Crippen LogP) is 0.911. The summed E-state index contributed by atoms with van der Waals surface area (Å²) in [6.07, 6.45) is 2.49. The van der Waals surface area contributed by atoms with Gasteiger partial charge in [-0.3, -0.25) is 4.79 Å². The molecule has 9 heteroatoms. The molecule has 2 aromatic rings. The van der Waals surface area contributed by atoms with Crippen molar-refractivity contribution in [2.45, 2.75) is 0 Å². The monoisotopic (exact) mass is 344 g/mol. The van der Waals surface area contributed by atoms with E-state index in [-0.39, 0.29) is 0 Å². The molecule has 1 aromatic heterocycles. The van der Waals surface area contributed by atoms with Crippen LogP contribution < -0.4 is 19.7 Å². The summed E-state index contributed by atoms with van der Waals surface area (Å²) in [5.41, 5.74) is 0.716. The Balaban J connectivity index is 1.75. The molecule has 1 fully saturated rings. The number of piperazine rings is 1. The van der Waals surface area contributed by atoms with Gasteiger partial charge in [0, 0.05) is 32.2 Å². The highest BCUT2D eigenvalue weighted by atomic mass is 16.5. The fourth-order valence-corrected chi connectivity index (χ4v) is 2.58. The number of hydrogen-bond donors (Lipinski definition) is 1. The van der Waals surface area contributed by atoms with E-state index in [1.165, 1.54) is 0 Å². The van der Waals surface area contributed by atoms with Crippen LogP contribution in [0.15, 0.2) is 24.4 Å². The number of amides is 1. The van der Waals surface area contributed by atoms with Crippen molar-refractivity contribution in [3.05, 3.63) is 24.4 Å². The van der Waals surface area contributed by atoms with Crippen LogP contribution in [0.1, 0.15) is 0 Å². The molecule has 1 amide bonds. The van der Waals surface area contributed by atoms with E-state index >= 15 is 0 Å². The molecule has 9 nitrogen and oxygen atoms in total. The molecule has 0 atom stereocenters. The summed E-state index contributed by atoms with van der Waals surface area (Å²) in [4.78, 5) is 19.1. The first kappa shape index (κ1) is 16.7. The van der Waals surface area contributed by atoms with Gasteiger partial charge in [-0.2, -0.15) is 10.1 Å². The number of rotatable bonds is 6. The first-order valence-electron chi connectivity index (χ1n) is 7.86. The van der Waals surface area contributed by atoms with E-state index in [1.807, 2.05) is 12.1 Å². The summed E-state index contributed by atoms with van der Waals surface area (Å²) in [7, 11) is 3.19. The van der Waals surface area contributed by atoms with Crippen LogP contribution in [0.3, 0.4) is 0 Å². The first-order chi connectivity index (χ1) is 12.2. The molecule has 0 spiro atoms. The van der Waals surface area contributed by atoms with Gasteiger partial charge in [0.15, 0.2) is 5.82 Å². The minimum atomic E-state index is 0.374. The fourth-order valence-electron chi connectivity index (χ4n) is 2.58. The number of hydrogen-bond acceptors (Lipinski definition) is 8. The Morgan fingerprint density at radius 1 is 1.16 bits per heavy atom. The Bertz CT molecular complexity index is 734. The highest BCUT2D eigenvalue weighted by molar-refractivity contribution is 5.64. The summed E-state index contributed by atoms with van der Waals surface area (Å²) in [6, 6.07) is 5.43. The smallest absolute Gasteiger partial charge is 0.249 e. The maximum atomic E-state index is 10.8. The van der Waals surface area contributed by atoms with Gasteiger partial charge in [-0.25, -0.2) is 0 Å². The van der Waals surface area contributed by atoms with Crippen molar-refractivity contribution in [1.29, 1.82) is 0 Å². The van der Waals surface area contributed by atoms with Crippen LogP contribution >= 0.6 is 0 Å². The van der Waals surface area contributed by atoms with Crippen LogP contribution in [0, 0.1) is 0 Å². The predicted molar refractivity (Wildman–Crippen MR) is 92.5 cm³/mol. The average Bonchev–Trinajstić information content (AvgIpc) is 2.68. The zero-order valence-corrected chi connectivity index (χ0v) is 14.2. The van der Waals surface area contributed by atoms with Crippen molar-refractivity contribution in [1.82, 2.24) is 20.1 Å². The second-order valence-corrected chi connectivity index (χ2v) is 5.46. The number of carbonyl (C=O) groups is 1. The number of methoxy groups -OCH3 is 2. The largest absolute Gasteiger partial charge is 0.497 e. The molecule has 132 valence electrons. The number of benzene rings is 1. The summed E-state index contributed by atoms with van der Waals surface area (Å²) >= 11 is 0. The lowest BCUT2D eigenvalue weighted by atomic mass is 10.2. The van der Waals surface area contributed by atoms with Crippen molar-refractivity contribution < 1.29 is 14.3 Å². The van der Waals surface area contributed by atoms with Gasteiger partial charge in [0.1, 0.15) is 11.5 Å². The van der Waals surface area contributed by atoms with Gasteiger partial charge in [0.2, 0.25) is 12.4 Å². The van der Waals surface area contributed by atoms with Crippen molar-refractivity contribution >= 4 is 23.9 Å². The summed E-state index contributed by atoms with van der Waals surface area (Å²) in [5, 5.41) is 11.2. The molecular weight excluding hydrogens is 324 g/mol. The van der Waals surface area contributed by atoms with Gasteiger partial charge in [-0.1, -0.05) is 0 Å². The second kappa shape index (κ2) is 7.65. The van der Waals surface area contributed by atoms with Crippen LogP contribution in [-0.2, 0) is 4.79 Å². The molecule has 0 unspecified atom stereocenters. The molecular formula is C16H20N6O3. The number of nitrogens with zero attached hydrogens (tertiary/aromatic N) is 5.